The molecule has 2 rings (SSSR count). The quantitative estimate of drug-likeness (QED) is 0.861. The molecule has 5 nitrogen and oxygen atoms in total. The third kappa shape index (κ3) is 4.61. The zero-order valence-corrected chi connectivity index (χ0v) is 14.3. The van der Waals surface area contributed by atoms with Gasteiger partial charge in [0.1, 0.15) is 11.4 Å². The number of likely N-dealkylation sites (tertiary alicyclic amines) is 1. The Morgan fingerprint density at radius 1 is 1.45 bits per heavy atom. The molecule has 0 saturated carbocycles. The smallest absolute Gasteiger partial charge is 0.410 e. The van der Waals surface area contributed by atoms with E-state index in [2.05, 4.69) is 16.0 Å². The van der Waals surface area contributed by atoms with Crippen molar-refractivity contribution in [2.75, 3.05) is 31.6 Å². The number of carbonyl (C=O) groups excluding carboxylic acids is 1. The Kier molecular flexibility index (Phi) is 4.94. The number of anilines is 1. The molecule has 0 unspecified atom stereocenters. The number of hydrogen-bond acceptors (Lipinski definition) is 4. The van der Waals surface area contributed by atoms with E-state index >= 15 is 0 Å². The Bertz CT molecular complexity index is 508. The standard InChI is InChI=1S/C17H27N3O2/c1-13-6-7-15(18-10-13)19(5)11-14-8-9-20(12-14)16(21)22-17(2,3)4/h6-7,10,14H,8-9,11-12H2,1-5H3/t14-/m1/s1. The molecule has 1 aliphatic rings. The number of ether oxygens (including phenoxy) is 1. The fourth-order valence-corrected chi connectivity index (χ4v) is 2.64. The minimum absolute atomic E-state index is 0.203. The van der Waals surface area contributed by atoms with Crippen LogP contribution in [0.25, 0.3) is 0 Å². The molecule has 0 bridgehead atoms. The molecule has 1 atom stereocenters. The summed E-state index contributed by atoms with van der Waals surface area (Å²) in [6.07, 6.45) is 2.69. The number of rotatable bonds is 3. The lowest BCUT2D eigenvalue weighted by molar-refractivity contribution is 0.0288. The Labute approximate surface area is 133 Å². The molecule has 1 aromatic heterocycles. The number of aromatic nitrogens is 1. The van der Waals surface area contributed by atoms with Gasteiger partial charge in [0.05, 0.1) is 0 Å². The number of pyridine rings is 1. The highest BCUT2D eigenvalue weighted by Gasteiger charge is 2.30. The van der Waals surface area contributed by atoms with Gasteiger partial charge in [0, 0.05) is 32.9 Å². The second-order valence-electron chi connectivity index (χ2n) is 7.16. The van der Waals surface area contributed by atoms with Crippen LogP contribution in [0.3, 0.4) is 0 Å². The molecule has 1 aromatic rings. The molecular formula is C17H27N3O2. The minimum atomic E-state index is -0.433. The summed E-state index contributed by atoms with van der Waals surface area (Å²) in [5.41, 5.74) is 0.728. The van der Waals surface area contributed by atoms with Gasteiger partial charge in [0.25, 0.3) is 0 Å². The van der Waals surface area contributed by atoms with Crippen molar-refractivity contribution < 1.29 is 9.53 Å². The molecule has 22 heavy (non-hydrogen) atoms. The van der Waals surface area contributed by atoms with Gasteiger partial charge >= 0.3 is 6.09 Å². The van der Waals surface area contributed by atoms with Crippen LogP contribution in [0.1, 0.15) is 32.8 Å². The van der Waals surface area contributed by atoms with Crippen molar-refractivity contribution in [3.05, 3.63) is 23.9 Å². The van der Waals surface area contributed by atoms with Gasteiger partial charge in [-0.1, -0.05) is 6.07 Å². The summed E-state index contributed by atoms with van der Waals surface area (Å²) < 4.78 is 5.43. The Balaban J connectivity index is 1.85. The maximum Gasteiger partial charge on any atom is 0.410 e. The molecule has 5 heteroatoms. The van der Waals surface area contributed by atoms with Gasteiger partial charge in [-0.05, 0) is 51.7 Å². The molecule has 1 saturated heterocycles. The van der Waals surface area contributed by atoms with Gasteiger partial charge in [0.2, 0.25) is 0 Å². The fourth-order valence-electron chi connectivity index (χ4n) is 2.64. The second kappa shape index (κ2) is 6.55. The molecule has 1 aliphatic heterocycles. The van der Waals surface area contributed by atoms with Crippen LogP contribution in [-0.4, -0.2) is 48.3 Å². The van der Waals surface area contributed by atoms with Gasteiger partial charge in [0.15, 0.2) is 0 Å². The summed E-state index contributed by atoms with van der Waals surface area (Å²) in [6, 6.07) is 4.11. The molecule has 0 radical (unpaired) electrons. The molecule has 0 N–H and O–H groups in total. The predicted molar refractivity (Wildman–Crippen MR) is 88.2 cm³/mol. The van der Waals surface area contributed by atoms with Crippen molar-refractivity contribution >= 4 is 11.9 Å². The highest BCUT2D eigenvalue weighted by Crippen LogP contribution is 2.21. The minimum Gasteiger partial charge on any atom is -0.444 e. The Hall–Kier alpha value is -1.78. The van der Waals surface area contributed by atoms with E-state index in [0.29, 0.717) is 5.92 Å². The lowest BCUT2D eigenvalue weighted by Gasteiger charge is -2.25. The predicted octanol–water partition coefficient (Wildman–Crippen LogP) is 3.08. The number of nitrogens with zero attached hydrogens (tertiary/aromatic N) is 3. The molecule has 2 heterocycles. The molecule has 0 spiro atoms. The van der Waals surface area contributed by atoms with E-state index in [1.807, 2.05) is 51.9 Å². The summed E-state index contributed by atoms with van der Waals surface area (Å²) in [5.74, 6) is 1.43. The second-order valence-corrected chi connectivity index (χ2v) is 7.16. The van der Waals surface area contributed by atoms with Crippen molar-refractivity contribution in [2.45, 2.75) is 39.7 Å². The average molecular weight is 305 g/mol. The first-order valence-electron chi connectivity index (χ1n) is 7.86. The molecule has 122 valence electrons. The van der Waals surface area contributed by atoms with Gasteiger partial charge in [-0.3, -0.25) is 0 Å². The first-order chi connectivity index (χ1) is 10.2. The van der Waals surface area contributed by atoms with Crippen LogP contribution in [0, 0.1) is 12.8 Å². The van der Waals surface area contributed by atoms with E-state index in [1.54, 1.807) is 0 Å². The third-order valence-electron chi connectivity index (χ3n) is 3.76. The van der Waals surface area contributed by atoms with Crippen LogP contribution in [0.5, 0.6) is 0 Å². The molecular weight excluding hydrogens is 278 g/mol. The molecule has 0 aliphatic carbocycles. The summed E-state index contributed by atoms with van der Waals surface area (Å²) in [4.78, 5) is 20.5. The van der Waals surface area contributed by atoms with Crippen molar-refractivity contribution in [3.8, 4) is 0 Å². The average Bonchev–Trinajstić information content (AvgIpc) is 2.86. The molecule has 1 amide bonds. The van der Waals surface area contributed by atoms with Gasteiger partial charge in [-0.25, -0.2) is 9.78 Å². The largest absolute Gasteiger partial charge is 0.444 e. The van der Waals surface area contributed by atoms with E-state index < -0.39 is 5.60 Å². The SMILES string of the molecule is Cc1ccc(N(C)C[C@H]2CCN(C(=O)OC(C)(C)C)C2)nc1. The van der Waals surface area contributed by atoms with Gasteiger partial charge in [-0.2, -0.15) is 0 Å². The summed E-state index contributed by atoms with van der Waals surface area (Å²) in [6.45, 7) is 10.2. The highest BCUT2D eigenvalue weighted by molar-refractivity contribution is 5.68. The molecule has 1 fully saturated rings. The fraction of sp³-hybridized carbons (Fsp3) is 0.647. The van der Waals surface area contributed by atoms with E-state index in [4.69, 9.17) is 4.74 Å². The van der Waals surface area contributed by atoms with Crippen molar-refractivity contribution in [1.29, 1.82) is 0 Å². The summed E-state index contributed by atoms with van der Waals surface area (Å²) in [5, 5.41) is 0. The number of carbonyl (C=O) groups is 1. The van der Waals surface area contributed by atoms with Crippen LogP contribution in [-0.2, 0) is 4.74 Å². The van der Waals surface area contributed by atoms with E-state index in [0.717, 1.165) is 37.4 Å². The van der Waals surface area contributed by atoms with Crippen LogP contribution < -0.4 is 4.90 Å². The third-order valence-corrected chi connectivity index (χ3v) is 3.76. The topological polar surface area (TPSA) is 45.7 Å². The Morgan fingerprint density at radius 3 is 2.77 bits per heavy atom. The van der Waals surface area contributed by atoms with Crippen LogP contribution in [0.15, 0.2) is 18.3 Å². The zero-order chi connectivity index (χ0) is 16.3. The van der Waals surface area contributed by atoms with Gasteiger partial charge in [-0.15, -0.1) is 0 Å². The van der Waals surface area contributed by atoms with E-state index in [9.17, 15) is 4.79 Å². The number of amides is 1. The van der Waals surface area contributed by atoms with Crippen molar-refractivity contribution in [2.24, 2.45) is 5.92 Å². The van der Waals surface area contributed by atoms with E-state index in [-0.39, 0.29) is 6.09 Å². The Morgan fingerprint density at radius 2 is 2.18 bits per heavy atom. The first kappa shape index (κ1) is 16.6. The lowest BCUT2D eigenvalue weighted by Crippen LogP contribution is -2.36. The first-order valence-corrected chi connectivity index (χ1v) is 7.86. The zero-order valence-electron chi connectivity index (χ0n) is 14.3. The highest BCUT2D eigenvalue weighted by atomic mass is 16.6. The number of hydrogen-bond donors (Lipinski definition) is 0. The van der Waals surface area contributed by atoms with Crippen molar-refractivity contribution in [1.82, 2.24) is 9.88 Å². The number of aryl methyl sites for hydroxylation is 1. The van der Waals surface area contributed by atoms with Crippen molar-refractivity contribution in [3.63, 3.8) is 0 Å². The maximum atomic E-state index is 12.1. The normalized spacial score (nSPS) is 18.4. The maximum absolute atomic E-state index is 12.1. The van der Waals surface area contributed by atoms with Crippen LogP contribution in [0.4, 0.5) is 10.6 Å². The van der Waals surface area contributed by atoms with Crippen LogP contribution >= 0.6 is 0 Å². The monoisotopic (exact) mass is 305 g/mol. The molecule has 0 aromatic carbocycles. The van der Waals surface area contributed by atoms with E-state index in [1.165, 1.54) is 0 Å². The summed E-state index contributed by atoms with van der Waals surface area (Å²) in [7, 11) is 2.05. The lowest BCUT2D eigenvalue weighted by atomic mass is 10.1. The van der Waals surface area contributed by atoms with Gasteiger partial charge < -0.3 is 14.5 Å². The summed E-state index contributed by atoms with van der Waals surface area (Å²) >= 11 is 0. The van der Waals surface area contributed by atoms with Crippen LogP contribution in [0.2, 0.25) is 0 Å².